The van der Waals surface area contributed by atoms with Crippen LogP contribution in [0.1, 0.15) is 50.6 Å². The molecule has 1 aliphatic rings. The lowest BCUT2D eigenvalue weighted by atomic mass is 9.94. The molecule has 0 amide bonds. The molecule has 2 N–H and O–H groups in total. The zero-order chi connectivity index (χ0) is 14.7. The highest BCUT2D eigenvalue weighted by atomic mass is 32.2. The molecular weight excluding hydrogens is 276 g/mol. The number of nitrogens with zero attached hydrogens (tertiary/aromatic N) is 1. The number of aromatic amines is 1. The normalized spacial score (nSPS) is 22.9. The van der Waals surface area contributed by atoms with Crippen LogP contribution in [0.25, 0.3) is 0 Å². The SMILES string of the molecule is CCCc1c(O)n(C2CCC(SC)CC2)c(=O)[nH]c1=O. The molecule has 0 aromatic carbocycles. The molecule has 0 atom stereocenters. The molecule has 6 heteroatoms. The van der Waals surface area contributed by atoms with Gasteiger partial charge in [-0.25, -0.2) is 4.79 Å². The van der Waals surface area contributed by atoms with Crippen LogP contribution in [0, 0.1) is 0 Å². The summed E-state index contributed by atoms with van der Waals surface area (Å²) in [5, 5.41) is 10.9. The molecule has 0 aliphatic heterocycles. The largest absolute Gasteiger partial charge is 0.494 e. The van der Waals surface area contributed by atoms with Crippen molar-refractivity contribution in [3.63, 3.8) is 0 Å². The van der Waals surface area contributed by atoms with Crippen molar-refractivity contribution in [3.05, 3.63) is 26.4 Å². The van der Waals surface area contributed by atoms with Gasteiger partial charge in [0.25, 0.3) is 5.56 Å². The minimum Gasteiger partial charge on any atom is -0.494 e. The van der Waals surface area contributed by atoms with E-state index >= 15 is 0 Å². The van der Waals surface area contributed by atoms with Crippen molar-refractivity contribution in [2.45, 2.75) is 56.7 Å². The maximum Gasteiger partial charge on any atom is 0.331 e. The smallest absolute Gasteiger partial charge is 0.331 e. The molecule has 0 bridgehead atoms. The van der Waals surface area contributed by atoms with E-state index in [1.54, 1.807) is 0 Å². The predicted molar refractivity (Wildman–Crippen MR) is 81.8 cm³/mol. The van der Waals surface area contributed by atoms with Gasteiger partial charge < -0.3 is 5.11 Å². The summed E-state index contributed by atoms with van der Waals surface area (Å²) in [6.07, 6.45) is 7.18. The average Bonchev–Trinajstić information content (AvgIpc) is 2.44. The minimum absolute atomic E-state index is 0.00152. The van der Waals surface area contributed by atoms with Crippen molar-refractivity contribution in [1.82, 2.24) is 9.55 Å². The van der Waals surface area contributed by atoms with Crippen molar-refractivity contribution in [3.8, 4) is 5.88 Å². The Morgan fingerprint density at radius 2 is 1.95 bits per heavy atom. The summed E-state index contributed by atoms with van der Waals surface area (Å²) in [5.41, 5.74) is -0.609. The summed E-state index contributed by atoms with van der Waals surface area (Å²) in [5.74, 6) is -0.131. The number of aromatic nitrogens is 2. The zero-order valence-corrected chi connectivity index (χ0v) is 12.8. The van der Waals surface area contributed by atoms with Crippen molar-refractivity contribution < 1.29 is 5.11 Å². The highest BCUT2D eigenvalue weighted by Crippen LogP contribution is 2.34. The van der Waals surface area contributed by atoms with Crippen LogP contribution in [0.15, 0.2) is 9.59 Å². The Morgan fingerprint density at radius 1 is 1.30 bits per heavy atom. The Labute approximate surface area is 122 Å². The van der Waals surface area contributed by atoms with Gasteiger partial charge in [-0.1, -0.05) is 13.3 Å². The first-order chi connectivity index (χ1) is 9.58. The monoisotopic (exact) mass is 298 g/mol. The molecule has 1 aliphatic carbocycles. The van der Waals surface area contributed by atoms with Gasteiger partial charge in [-0.05, 0) is 38.4 Å². The van der Waals surface area contributed by atoms with Gasteiger partial charge in [-0.2, -0.15) is 11.8 Å². The van der Waals surface area contributed by atoms with Gasteiger partial charge >= 0.3 is 5.69 Å². The molecular formula is C14H22N2O3S. The van der Waals surface area contributed by atoms with Crippen LogP contribution in [0.5, 0.6) is 5.88 Å². The molecule has 0 radical (unpaired) electrons. The van der Waals surface area contributed by atoms with Crippen LogP contribution >= 0.6 is 11.8 Å². The van der Waals surface area contributed by atoms with Crippen molar-refractivity contribution in [2.24, 2.45) is 0 Å². The van der Waals surface area contributed by atoms with Crippen LogP contribution in [0.2, 0.25) is 0 Å². The topological polar surface area (TPSA) is 75.1 Å². The number of nitrogens with one attached hydrogen (secondary N) is 1. The van der Waals surface area contributed by atoms with E-state index < -0.39 is 11.2 Å². The minimum atomic E-state index is -0.486. The predicted octanol–water partition coefficient (Wildman–Crippen LogP) is 2.04. The van der Waals surface area contributed by atoms with Gasteiger partial charge in [0.05, 0.1) is 5.56 Å². The lowest BCUT2D eigenvalue weighted by molar-refractivity contribution is 0.299. The van der Waals surface area contributed by atoms with E-state index in [0.29, 0.717) is 17.2 Å². The summed E-state index contributed by atoms with van der Waals surface area (Å²) in [6.45, 7) is 1.94. The van der Waals surface area contributed by atoms with Gasteiger partial charge in [0.1, 0.15) is 0 Å². The average molecular weight is 298 g/mol. The van der Waals surface area contributed by atoms with Crippen molar-refractivity contribution in [1.29, 1.82) is 0 Å². The van der Waals surface area contributed by atoms with E-state index in [-0.39, 0.29) is 11.9 Å². The second kappa shape index (κ2) is 6.52. The van der Waals surface area contributed by atoms with Gasteiger partial charge in [-0.3, -0.25) is 14.3 Å². The molecule has 2 rings (SSSR count). The molecule has 0 unspecified atom stereocenters. The Balaban J connectivity index is 2.35. The Kier molecular flexibility index (Phi) is 4.96. The molecule has 1 fully saturated rings. The van der Waals surface area contributed by atoms with Gasteiger partial charge in [0, 0.05) is 11.3 Å². The lowest BCUT2D eigenvalue weighted by Gasteiger charge is -2.29. The quantitative estimate of drug-likeness (QED) is 0.892. The molecule has 1 saturated carbocycles. The number of hydrogen-bond acceptors (Lipinski definition) is 4. The number of rotatable bonds is 4. The third-order valence-corrected chi connectivity index (χ3v) is 5.19. The van der Waals surface area contributed by atoms with E-state index in [4.69, 9.17) is 0 Å². The fourth-order valence-electron chi connectivity index (χ4n) is 2.93. The maximum atomic E-state index is 12.0. The van der Waals surface area contributed by atoms with Crippen LogP contribution in [0.4, 0.5) is 0 Å². The van der Waals surface area contributed by atoms with Gasteiger partial charge in [0.15, 0.2) is 0 Å². The molecule has 1 aromatic heterocycles. The third kappa shape index (κ3) is 2.95. The van der Waals surface area contributed by atoms with E-state index in [1.165, 1.54) is 4.57 Å². The molecule has 0 spiro atoms. The first-order valence-corrected chi connectivity index (χ1v) is 8.46. The van der Waals surface area contributed by atoms with Crippen LogP contribution in [0.3, 0.4) is 0 Å². The Bertz CT molecular complexity index is 571. The number of aromatic hydroxyl groups is 1. The molecule has 0 saturated heterocycles. The van der Waals surface area contributed by atoms with Gasteiger partial charge in [0.2, 0.25) is 5.88 Å². The summed E-state index contributed by atoms with van der Waals surface area (Å²) in [6, 6.07) is -0.00152. The second-order valence-corrected chi connectivity index (χ2v) is 6.49. The van der Waals surface area contributed by atoms with Crippen LogP contribution in [-0.4, -0.2) is 26.2 Å². The fraction of sp³-hybridized carbons (Fsp3) is 0.714. The number of hydrogen-bond donors (Lipinski definition) is 2. The molecule has 1 heterocycles. The third-order valence-electron chi connectivity index (χ3n) is 4.05. The van der Waals surface area contributed by atoms with Gasteiger partial charge in [-0.15, -0.1) is 0 Å². The standard InChI is InChI=1S/C14H22N2O3S/c1-3-4-11-12(17)15-14(19)16(13(11)18)9-5-7-10(20-2)8-6-9/h9-10,18H,3-8H2,1-2H3,(H,15,17,19). The summed E-state index contributed by atoms with van der Waals surface area (Å²) in [7, 11) is 0. The van der Waals surface area contributed by atoms with E-state index in [1.807, 2.05) is 18.7 Å². The molecule has 20 heavy (non-hydrogen) atoms. The maximum absolute atomic E-state index is 12.0. The highest BCUT2D eigenvalue weighted by Gasteiger charge is 2.26. The lowest BCUT2D eigenvalue weighted by Crippen LogP contribution is -2.36. The summed E-state index contributed by atoms with van der Waals surface area (Å²) < 4.78 is 1.39. The van der Waals surface area contributed by atoms with Crippen LogP contribution < -0.4 is 11.2 Å². The zero-order valence-electron chi connectivity index (χ0n) is 12.0. The van der Waals surface area contributed by atoms with E-state index in [9.17, 15) is 14.7 Å². The molecule has 1 aromatic rings. The fourth-order valence-corrected chi connectivity index (χ4v) is 3.67. The second-order valence-electron chi connectivity index (χ2n) is 5.35. The Hall–Kier alpha value is -1.17. The van der Waals surface area contributed by atoms with E-state index in [0.717, 1.165) is 32.1 Å². The summed E-state index contributed by atoms with van der Waals surface area (Å²) in [4.78, 5) is 26.1. The van der Waals surface area contributed by atoms with Crippen molar-refractivity contribution in [2.75, 3.05) is 6.26 Å². The van der Waals surface area contributed by atoms with Crippen LogP contribution in [-0.2, 0) is 6.42 Å². The van der Waals surface area contributed by atoms with E-state index in [2.05, 4.69) is 11.2 Å². The first kappa shape index (κ1) is 15.2. The number of thioether (sulfide) groups is 1. The number of H-pyrrole nitrogens is 1. The molecule has 5 nitrogen and oxygen atoms in total. The molecule has 112 valence electrons. The van der Waals surface area contributed by atoms with Crippen molar-refractivity contribution >= 4 is 11.8 Å². The Morgan fingerprint density at radius 3 is 2.50 bits per heavy atom. The summed E-state index contributed by atoms with van der Waals surface area (Å²) >= 11 is 1.86. The highest BCUT2D eigenvalue weighted by molar-refractivity contribution is 7.99. The first-order valence-electron chi connectivity index (χ1n) is 7.17.